The molecular formula is C13H22N4O2. The molecule has 1 rings (SSSR count). The van der Waals surface area contributed by atoms with Crippen molar-refractivity contribution in [1.82, 2.24) is 9.88 Å². The van der Waals surface area contributed by atoms with Crippen molar-refractivity contribution in [3.05, 3.63) is 12.1 Å². The largest absolute Gasteiger partial charge is 0.476 e. The first-order chi connectivity index (χ1) is 9.08. The fourth-order valence-electron chi connectivity index (χ4n) is 1.34. The van der Waals surface area contributed by atoms with E-state index in [0.29, 0.717) is 30.5 Å². The fourth-order valence-corrected chi connectivity index (χ4v) is 1.34. The van der Waals surface area contributed by atoms with Crippen LogP contribution in [-0.2, 0) is 4.79 Å². The van der Waals surface area contributed by atoms with Gasteiger partial charge in [-0.3, -0.25) is 4.79 Å². The number of ether oxygens (including phenoxy) is 1. The first-order valence-electron chi connectivity index (χ1n) is 6.45. The van der Waals surface area contributed by atoms with Crippen LogP contribution in [0.3, 0.4) is 0 Å². The molecule has 0 aliphatic rings. The first-order valence-corrected chi connectivity index (χ1v) is 6.45. The highest BCUT2D eigenvalue weighted by Crippen LogP contribution is 2.20. The average molecular weight is 266 g/mol. The average Bonchev–Trinajstić information content (AvgIpc) is 2.43. The molecule has 1 aromatic rings. The molecule has 1 heterocycles. The molecule has 106 valence electrons. The summed E-state index contributed by atoms with van der Waals surface area (Å²) in [6.45, 7) is 5.39. The van der Waals surface area contributed by atoms with Crippen LogP contribution >= 0.6 is 0 Å². The third-order valence-corrected chi connectivity index (χ3v) is 2.65. The summed E-state index contributed by atoms with van der Waals surface area (Å²) in [6.07, 6.45) is 0.887. The Hall–Kier alpha value is -1.98. The van der Waals surface area contributed by atoms with Gasteiger partial charge in [0.2, 0.25) is 11.8 Å². The molecule has 0 fully saturated rings. The summed E-state index contributed by atoms with van der Waals surface area (Å²) in [5, 5.41) is 2.97. The Labute approximate surface area is 113 Å². The number of nitrogen functional groups attached to an aromatic ring is 1. The quantitative estimate of drug-likeness (QED) is 0.778. The second-order valence-corrected chi connectivity index (χ2v) is 4.20. The van der Waals surface area contributed by atoms with Gasteiger partial charge in [0.1, 0.15) is 5.82 Å². The number of amides is 1. The van der Waals surface area contributed by atoms with Crippen LogP contribution in [0, 0.1) is 0 Å². The first kappa shape index (κ1) is 15.1. The van der Waals surface area contributed by atoms with Gasteiger partial charge in [-0.1, -0.05) is 6.92 Å². The molecule has 0 radical (unpaired) electrons. The molecule has 0 aliphatic heterocycles. The lowest BCUT2D eigenvalue weighted by molar-refractivity contribution is -0.127. The van der Waals surface area contributed by atoms with Gasteiger partial charge in [0.25, 0.3) is 0 Å². The Balaban J connectivity index is 2.61. The molecule has 0 aliphatic carbocycles. The summed E-state index contributed by atoms with van der Waals surface area (Å²) in [5.74, 6) is 0.999. The second kappa shape index (κ2) is 7.45. The van der Waals surface area contributed by atoms with Crippen LogP contribution in [0.1, 0.15) is 20.3 Å². The van der Waals surface area contributed by atoms with E-state index in [1.165, 1.54) is 0 Å². The third kappa shape index (κ3) is 4.65. The molecule has 1 amide bonds. The number of carbonyl (C=O) groups is 1. The Bertz CT molecular complexity index is 423. The summed E-state index contributed by atoms with van der Waals surface area (Å²) >= 11 is 0. The van der Waals surface area contributed by atoms with Gasteiger partial charge < -0.3 is 20.7 Å². The SMILES string of the molecule is CCCOc1nc(NCC(=O)N(C)CC)ccc1N. The molecule has 0 spiro atoms. The van der Waals surface area contributed by atoms with E-state index in [1.54, 1.807) is 24.1 Å². The molecule has 0 bridgehead atoms. The van der Waals surface area contributed by atoms with E-state index < -0.39 is 0 Å². The van der Waals surface area contributed by atoms with Crippen LogP contribution in [0.4, 0.5) is 11.5 Å². The predicted octanol–water partition coefficient (Wildman–Crippen LogP) is 1.34. The maximum Gasteiger partial charge on any atom is 0.241 e. The molecule has 0 atom stereocenters. The van der Waals surface area contributed by atoms with Gasteiger partial charge in [-0.05, 0) is 25.5 Å². The van der Waals surface area contributed by atoms with E-state index >= 15 is 0 Å². The van der Waals surface area contributed by atoms with Crippen LogP contribution < -0.4 is 15.8 Å². The number of nitrogens with one attached hydrogen (secondary N) is 1. The van der Waals surface area contributed by atoms with Gasteiger partial charge in [-0.15, -0.1) is 0 Å². The molecule has 0 saturated carbocycles. The van der Waals surface area contributed by atoms with E-state index in [4.69, 9.17) is 10.5 Å². The zero-order chi connectivity index (χ0) is 14.3. The van der Waals surface area contributed by atoms with Crippen molar-refractivity contribution in [1.29, 1.82) is 0 Å². The molecule has 6 nitrogen and oxygen atoms in total. The zero-order valence-electron chi connectivity index (χ0n) is 11.8. The molecule has 19 heavy (non-hydrogen) atoms. The Morgan fingerprint density at radius 2 is 2.21 bits per heavy atom. The van der Waals surface area contributed by atoms with Gasteiger partial charge in [0.05, 0.1) is 18.8 Å². The van der Waals surface area contributed by atoms with E-state index in [0.717, 1.165) is 6.42 Å². The monoisotopic (exact) mass is 266 g/mol. The van der Waals surface area contributed by atoms with Gasteiger partial charge in [0, 0.05) is 13.6 Å². The lowest BCUT2D eigenvalue weighted by Gasteiger charge is -2.15. The maximum absolute atomic E-state index is 11.7. The van der Waals surface area contributed by atoms with Gasteiger partial charge in [-0.2, -0.15) is 4.98 Å². The highest BCUT2D eigenvalue weighted by Gasteiger charge is 2.08. The molecule has 1 aromatic heterocycles. The summed E-state index contributed by atoms with van der Waals surface area (Å²) in [4.78, 5) is 17.5. The van der Waals surface area contributed by atoms with Crippen molar-refractivity contribution >= 4 is 17.4 Å². The topological polar surface area (TPSA) is 80.5 Å². The van der Waals surface area contributed by atoms with Crippen LogP contribution in [0.5, 0.6) is 5.88 Å². The normalized spacial score (nSPS) is 10.1. The van der Waals surface area contributed by atoms with Crippen LogP contribution in [0.25, 0.3) is 0 Å². The zero-order valence-corrected chi connectivity index (χ0v) is 11.8. The number of pyridine rings is 1. The van der Waals surface area contributed by atoms with Gasteiger partial charge in [0.15, 0.2) is 0 Å². The molecule has 0 unspecified atom stereocenters. The van der Waals surface area contributed by atoms with Crippen molar-refractivity contribution in [3.8, 4) is 5.88 Å². The number of rotatable bonds is 7. The van der Waals surface area contributed by atoms with Crippen LogP contribution in [-0.4, -0.2) is 42.5 Å². The Kier molecular flexibility index (Phi) is 5.92. The number of anilines is 2. The minimum atomic E-state index is 0.0113. The molecule has 3 N–H and O–H groups in total. The third-order valence-electron chi connectivity index (χ3n) is 2.65. The number of nitrogens with zero attached hydrogens (tertiary/aromatic N) is 2. The highest BCUT2D eigenvalue weighted by atomic mass is 16.5. The standard InChI is InChI=1S/C13H22N4O2/c1-4-8-19-13-10(14)6-7-11(16-13)15-9-12(18)17(3)5-2/h6-7H,4-5,8-9,14H2,1-3H3,(H,15,16). The molecule has 6 heteroatoms. The van der Waals surface area contributed by atoms with E-state index in [2.05, 4.69) is 10.3 Å². The van der Waals surface area contributed by atoms with Crippen molar-refractivity contribution in [2.75, 3.05) is 37.8 Å². The number of aromatic nitrogens is 1. The van der Waals surface area contributed by atoms with Crippen molar-refractivity contribution in [3.63, 3.8) is 0 Å². The lowest BCUT2D eigenvalue weighted by Crippen LogP contribution is -2.32. The van der Waals surface area contributed by atoms with Gasteiger partial charge in [-0.25, -0.2) is 0 Å². The number of nitrogens with two attached hydrogens (primary N) is 1. The lowest BCUT2D eigenvalue weighted by atomic mass is 10.4. The van der Waals surface area contributed by atoms with E-state index in [9.17, 15) is 4.79 Å². The predicted molar refractivity (Wildman–Crippen MR) is 76.2 cm³/mol. The van der Waals surface area contributed by atoms with Crippen molar-refractivity contribution < 1.29 is 9.53 Å². The summed E-state index contributed by atoms with van der Waals surface area (Å²) in [7, 11) is 1.76. The number of likely N-dealkylation sites (N-methyl/N-ethyl adjacent to an activating group) is 1. The maximum atomic E-state index is 11.7. The highest BCUT2D eigenvalue weighted by molar-refractivity contribution is 5.80. The van der Waals surface area contributed by atoms with E-state index in [-0.39, 0.29) is 12.5 Å². The minimum Gasteiger partial charge on any atom is -0.476 e. The number of hydrogen-bond acceptors (Lipinski definition) is 5. The molecule has 0 aromatic carbocycles. The van der Waals surface area contributed by atoms with Crippen LogP contribution in [0.2, 0.25) is 0 Å². The number of carbonyl (C=O) groups excluding carboxylic acids is 1. The number of hydrogen-bond donors (Lipinski definition) is 2. The van der Waals surface area contributed by atoms with Crippen LogP contribution in [0.15, 0.2) is 12.1 Å². The fraction of sp³-hybridized carbons (Fsp3) is 0.538. The van der Waals surface area contributed by atoms with Crippen molar-refractivity contribution in [2.45, 2.75) is 20.3 Å². The molecule has 0 saturated heterocycles. The summed E-state index contributed by atoms with van der Waals surface area (Å²) < 4.78 is 5.43. The van der Waals surface area contributed by atoms with Gasteiger partial charge >= 0.3 is 0 Å². The summed E-state index contributed by atoms with van der Waals surface area (Å²) in [5.41, 5.74) is 6.26. The minimum absolute atomic E-state index is 0.0113. The Morgan fingerprint density at radius 1 is 1.47 bits per heavy atom. The summed E-state index contributed by atoms with van der Waals surface area (Å²) in [6, 6.07) is 3.45. The second-order valence-electron chi connectivity index (χ2n) is 4.20. The molecular weight excluding hydrogens is 244 g/mol. The Morgan fingerprint density at radius 3 is 2.84 bits per heavy atom. The van der Waals surface area contributed by atoms with E-state index in [1.807, 2.05) is 13.8 Å². The van der Waals surface area contributed by atoms with Crippen molar-refractivity contribution in [2.24, 2.45) is 0 Å². The smallest absolute Gasteiger partial charge is 0.241 e.